The van der Waals surface area contributed by atoms with E-state index in [4.69, 9.17) is 5.73 Å². The van der Waals surface area contributed by atoms with Crippen LogP contribution < -0.4 is 5.73 Å². The Balaban J connectivity index is 0.00000144. The summed E-state index contributed by atoms with van der Waals surface area (Å²) in [5.74, 6) is 1.37. The van der Waals surface area contributed by atoms with Gasteiger partial charge < -0.3 is 10.6 Å². The highest BCUT2D eigenvalue weighted by atomic mass is 35.5. The molecule has 2 rings (SSSR count). The van der Waals surface area contributed by atoms with Crippen LogP contribution in [0.3, 0.4) is 0 Å². The Kier molecular flexibility index (Phi) is 6.10. The molecule has 1 heterocycles. The number of halogens is 1. The van der Waals surface area contributed by atoms with Crippen molar-refractivity contribution in [2.75, 3.05) is 18.8 Å². The summed E-state index contributed by atoms with van der Waals surface area (Å²) in [4.78, 5) is 14.3. The molecular formula is C12H23ClN2OS. The number of nitrogens with zero attached hydrogens (tertiary/aromatic N) is 1. The third-order valence-electron chi connectivity index (χ3n) is 3.79. The second-order valence-electron chi connectivity index (χ2n) is 4.93. The second kappa shape index (κ2) is 6.86. The lowest BCUT2D eigenvalue weighted by molar-refractivity contribution is -0.137. The number of fused-ring (bicyclic) bond motifs is 1. The first kappa shape index (κ1) is 15.1. The van der Waals surface area contributed by atoms with Crippen LogP contribution in [0, 0.1) is 5.92 Å². The van der Waals surface area contributed by atoms with Crippen LogP contribution in [0.15, 0.2) is 0 Å². The number of carbonyl (C=O) groups excluding carboxylic acids is 1. The number of carbonyl (C=O) groups is 1. The molecule has 1 saturated carbocycles. The quantitative estimate of drug-likeness (QED) is 0.839. The number of thioether (sulfide) groups is 1. The van der Waals surface area contributed by atoms with E-state index < -0.39 is 0 Å². The van der Waals surface area contributed by atoms with E-state index in [-0.39, 0.29) is 24.2 Å². The van der Waals surface area contributed by atoms with Crippen molar-refractivity contribution >= 4 is 30.1 Å². The van der Waals surface area contributed by atoms with Crippen LogP contribution in [0.2, 0.25) is 0 Å². The molecule has 1 aliphatic heterocycles. The molecule has 1 aliphatic carbocycles. The van der Waals surface area contributed by atoms with E-state index in [1.54, 1.807) is 0 Å². The minimum absolute atomic E-state index is 0. The fourth-order valence-electron chi connectivity index (χ4n) is 2.75. The van der Waals surface area contributed by atoms with Gasteiger partial charge >= 0.3 is 0 Å². The highest BCUT2D eigenvalue weighted by Crippen LogP contribution is 2.35. The maximum Gasteiger partial charge on any atom is 0.226 e. The van der Waals surface area contributed by atoms with Gasteiger partial charge in [0.15, 0.2) is 0 Å². The molecule has 2 aliphatic rings. The van der Waals surface area contributed by atoms with E-state index in [0.29, 0.717) is 17.8 Å². The van der Waals surface area contributed by atoms with Crippen LogP contribution in [0.25, 0.3) is 0 Å². The third-order valence-corrected chi connectivity index (χ3v) is 5.19. The van der Waals surface area contributed by atoms with Crippen LogP contribution in [-0.4, -0.2) is 40.9 Å². The molecule has 0 aromatic heterocycles. The van der Waals surface area contributed by atoms with Gasteiger partial charge in [-0.05, 0) is 12.8 Å². The molecule has 0 bridgehead atoms. The minimum atomic E-state index is -0.00863. The summed E-state index contributed by atoms with van der Waals surface area (Å²) in [6.07, 6.45) is 5.10. The van der Waals surface area contributed by atoms with Gasteiger partial charge in [-0.25, -0.2) is 0 Å². The van der Waals surface area contributed by atoms with Crippen molar-refractivity contribution in [3.05, 3.63) is 0 Å². The molecule has 0 aromatic carbocycles. The SMILES string of the molecule is CC(CN)C(=O)N1CCSC2CCCCC21.Cl. The first-order valence-electron chi connectivity index (χ1n) is 6.36. The van der Waals surface area contributed by atoms with Gasteiger partial charge in [0.2, 0.25) is 5.91 Å². The predicted molar refractivity (Wildman–Crippen MR) is 75.7 cm³/mol. The van der Waals surface area contributed by atoms with Gasteiger partial charge in [-0.2, -0.15) is 11.8 Å². The molecule has 17 heavy (non-hydrogen) atoms. The number of hydrogen-bond acceptors (Lipinski definition) is 3. The summed E-state index contributed by atoms with van der Waals surface area (Å²) in [5.41, 5.74) is 5.59. The highest BCUT2D eigenvalue weighted by Gasteiger charge is 2.37. The standard InChI is InChI=1S/C12H22N2OS.ClH/c1-9(8-13)12(15)14-6-7-16-11-5-3-2-4-10(11)14;/h9-11H,2-8,13H2,1H3;1H. The molecular weight excluding hydrogens is 256 g/mol. The monoisotopic (exact) mass is 278 g/mol. The van der Waals surface area contributed by atoms with Crippen molar-refractivity contribution in [1.29, 1.82) is 0 Å². The van der Waals surface area contributed by atoms with Gasteiger partial charge in [0.05, 0.1) is 0 Å². The molecule has 0 spiro atoms. The zero-order valence-electron chi connectivity index (χ0n) is 10.4. The van der Waals surface area contributed by atoms with Crippen molar-refractivity contribution in [1.82, 2.24) is 4.90 Å². The Bertz CT molecular complexity index is 263. The molecule has 100 valence electrons. The molecule has 3 unspecified atom stereocenters. The molecule has 0 aromatic rings. The zero-order valence-corrected chi connectivity index (χ0v) is 12.1. The van der Waals surface area contributed by atoms with Gasteiger partial charge in [0.25, 0.3) is 0 Å². The Labute approximate surface area is 114 Å². The topological polar surface area (TPSA) is 46.3 Å². The van der Waals surface area contributed by atoms with Gasteiger partial charge in [-0.15, -0.1) is 12.4 Å². The largest absolute Gasteiger partial charge is 0.338 e. The first-order valence-corrected chi connectivity index (χ1v) is 7.41. The molecule has 2 N–H and O–H groups in total. The zero-order chi connectivity index (χ0) is 11.5. The maximum absolute atomic E-state index is 12.2. The van der Waals surface area contributed by atoms with Crippen molar-refractivity contribution in [2.24, 2.45) is 11.7 Å². The smallest absolute Gasteiger partial charge is 0.226 e. The molecule has 2 fully saturated rings. The van der Waals surface area contributed by atoms with Crippen LogP contribution in [-0.2, 0) is 4.79 Å². The summed E-state index contributed by atoms with van der Waals surface area (Å²) in [5, 5.41) is 0.691. The summed E-state index contributed by atoms with van der Waals surface area (Å²) in [7, 11) is 0. The lowest BCUT2D eigenvalue weighted by atomic mass is 9.92. The van der Waals surface area contributed by atoms with Crippen LogP contribution in [0.5, 0.6) is 0 Å². The molecule has 5 heteroatoms. The summed E-state index contributed by atoms with van der Waals surface area (Å²) < 4.78 is 0. The molecule has 3 atom stereocenters. The van der Waals surface area contributed by atoms with Gasteiger partial charge in [-0.1, -0.05) is 19.8 Å². The number of nitrogens with two attached hydrogens (primary N) is 1. The molecule has 1 amide bonds. The Hall–Kier alpha value is 0.0700. The number of hydrogen-bond donors (Lipinski definition) is 1. The van der Waals surface area contributed by atoms with Gasteiger partial charge in [-0.3, -0.25) is 4.79 Å². The summed E-state index contributed by atoms with van der Waals surface area (Å²) in [6, 6.07) is 0.494. The Morgan fingerprint density at radius 1 is 1.47 bits per heavy atom. The fourth-order valence-corrected chi connectivity index (χ4v) is 4.20. The van der Waals surface area contributed by atoms with E-state index in [9.17, 15) is 4.79 Å². The van der Waals surface area contributed by atoms with Crippen molar-refractivity contribution < 1.29 is 4.79 Å². The maximum atomic E-state index is 12.2. The van der Waals surface area contributed by atoms with E-state index in [2.05, 4.69) is 16.7 Å². The average molecular weight is 279 g/mol. The third kappa shape index (κ3) is 3.30. The van der Waals surface area contributed by atoms with Crippen molar-refractivity contribution in [3.8, 4) is 0 Å². The van der Waals surface area contributed by atoms with Gasteiger partial charge in [0.1, 0.15) is 0 Å². The van der Waals surface area contributed by atoms with E-state index >= 15 is 0 Å². The number of amides is 1. The Morgan fingerprint density at radius 2 is 2.18 bits per heavy atom. The van der Waals surface area contributed by atoms with E-state index in [1.165, 1.54) is 25.7 Å². The highest BCUT2D eigenvalue weighted by molar-refractivity contribution is 8.00. The van der Waals surface area contributed by atoms with Crippen LogP contribution >= 0.6 is 24.2 Å². The normalized spacial score (nSPS) is 30.1. The molecule has 0 radical (unpaired) electrons. The molecule has 3 nitrogen and oxygen atoms in total. The van der Waals surface area contributed by atoms with Crippen LogP contribution in [0.1, 0.15) is 32.6 Å². The summed E-state index contributed by atoms with van der Waals surface area (Å²) >= 11 is 2.06. The fraction of sp³-hybridized carbons (Fsp3) is 0.917. The lowest BCUT2D eigenvalue weighted by Crippen LogP contribution is -2.53. The Morgan fingerprint density at radius 3 is 2.88 bits per heavy atom. The van der Waals surface area contributed by atoms with E-state index in [0.717, 1.165) is 12.3 Å². The average Bonchev–Trinajstić information content (AvgIpc) is 2.36. The van der Waals surface area contributed by atoms with Gasteiger partial charge in [0, 0.05) is 36.1 Å². The minimum Gasteiger partial charge on any atom is -0.338 e. The van der Waals surface area contributed by atoms with Crippen molar-refractivity contribution in [3.63, 3.8) is 0 Å². The summed E-state index contributed by atoms with van der Waals surface area (Å²) in [6.45, 7) is 3.34. The molecule has 1 saturated heterocycles. The lowest BCUT2D eigenvalue weighted by Gasteiger charge is -2.44. The van der Waals surface area contributed by atoms with Crippen LogP contribution in [0.4, 0.5) is 0 Å². The van der Waals surface area contributed by atoms with E-state index in [1.807, 2.05) is 6.92 Å². The van der Waals surface area contributed by atoms with Crippen molar-refractivity contribution in [2.45, 2.75) is 43.9 Å². The number of rotatable bonds is 2. The predicted octanol–water partition coefficient (Wildman–Crippen LogP) is 1.89. The second-order valence-corrected chi connectivity index (χ2v) is 6.28. The first-order chi connectivity index (χ1) is 7.74.